The molecule has 3 atom stereocenters. The average Bonchev–Trinajstić information content (AvgIpc) is 2.34. The zero-order valence-corrected chi connectivity index (χ0v) is 10.9. The molecule has 4 nitrogen and oxygen atoms in total. The van der Waals surface area contributed by atoms with Gasteiger partial charge in [-0.25, -0.2) is 0 Å². The summed E-state index contributed by atoms with van der Waals surface area (Å²) < 4.78 is 4.97. The highest BCUT2D eigenvalue weighted by molar-refractivity contribution is 4.95. The summed E-state index contributed by atoms with van der Waals surface area (Å²) in [6.07, 6.45) is 4.96. The molecular weight excluding hydrogens is 216 g/mol. The fraction of sp³-hybridized carbons (Fsp3) is 0.923. The molecule has 0 spiro atoms. The Kier molecular flexibility index (Phi) is 5.90. The summed E-state index contributed by atoms with van der Waals surface area (Å²) >= 11 is 0. The third-order valence-electron chi connectivity index (χ3n) is 3.52. The van der Waals surface area contributed by atoms with E-state index in [4.69, 9.17) is 10.00 Å². The van der Waals surface area contributed by atoms with Gasteiger partial charge in [-0.05, 0) is 19.8 Å². The van der Waals surface area contributed by atoms with Crippen LogP contribution in [0.25, 0.3) is 0 Å². The van der Waals surface area contributed by atoms with Crippen molar-refractivity contribution in [3.63, 3.8) is 0 Å². The summed E-state index contributed by atoms with van der Waals surface area (Å²) in [5, 5.41) is 22.5. The molecule has 0 aromatic carbocycles. The van der Waals surface area contributed by atoms with Crippen molar-refractivity contribution in [3.8, 4) is 6.07 Å². The van der Waals surface area contributed by atoms with E-state index in [1.807, 2.05) is 6.92 Å². The summed E-state index contributed by atoms with van der Waals surface area (Å²) in [7, 11) is 1.64. The van der Waals surface area contributed by atoms with Crippen molar-refractivity contribution >= 4 is 0 Å². The number of nitrogens with zero attached hydrogens (tertiary/aromatic N) is 1. The van der Waals surface area contributed by atoms with E-state index in [9.17, 15) is 5.11 Å². The molecule has 0 aliphatic heterocycles. The maximum Gasteiger partial charge on any atom is 0.0765 e. The molecule has 98 valence electrons. The van der Waals surface area contributed by atoms with E-state index in [0.717, 1.165) is 19.3 Å². The number of hydrogen-bond donors (Lipinski definition) is 2. The summed E-state index contributed by atoms with van der Waals surface area (Å²) in [5.74, 6) is 0.0991. The van der Waals surface area contributed by atoms with E-state index in [0.29, 0.717) is 19.6 Å². The Morgan fingerprint density at radius 2 is 2.18 bits per heavy atom. The third kappa shape index (κ3) is 5.03. The van der Waals surface area contributed by atoms with Crippen LogP contribution >= 0.6 is 0 Å². The molecule has 0 amide bonds. The summed E-state index contributed by atoms with van der Waals surface area (Å²) in [5.41, 5.74) is -0.756. The maximum atomic E-state index is 10.1. The predicted molar refractivity (Wildman–Crippen MR) is 66.5 cm³/mol. The molecule has 0 radical (unpaired) electrons. The minimum atomic E-state index is -0.756. The van der Waals surface area contributed by atoms with E-state index in [2.05, 4.69) is 11.4 Å². The molecule has 1 aliphatic carbocycles. The van der Waals surface area contributed by atoms with Gasteiger partial charge in [0.1, 0.15) is 0 Å². The van der Waals surface area contributed by atoms with Gasteiger partial charge in [-0.15, -0.1) is 0 Å². The first-order valence-electron chi connectivity index (χ1n) is 6.43. The number of ether oxygens (including phenoxy) is 1. The minimum absolute atomic E-state index is 0.0991. The molecule has 3 unspecified atom stereocenters. The van der Waals surface area contributed by atoms with Crippen molar-refractivity contribution in [1.29, 1.82) is 5.26 Å². The van der Waals surface area contributed by atoms with Crippen LogP contribution in [0.1, 0.15) is 39.0 Å². The van der Waals surface area contributed by atoms with Crippen LogP contribution in [0.15, 0.2) is 0 Å². The van der Waals surface area contributed by atoms with Crippen LogP contribution in [0.5, 0.6) is 0 Å². The van der Waals surface area contributed by atoms with Crippen molar-refractivity contribution in [2.24, 2.45) is 5.92 Å². The Balaban J connectivity index is 2.35. The lowest BCUT2D eigenvalue weighted by molar-refractivity contribution is 0.0207. The molecule has 0 heterocycles. The molecule has 0 aromatic rings. The minimum Gasteiger partial charge on any atom is -0.389 e. The van der Waals surface area contributed by atoms with E-state index >= 15 is 0 Å². The van der Waals surface area contributed by atoms with Crippen LogP contribution < -0.4 is 5.32 Å². The van der Waals surface area contributed by atoms with E-state index in [1.54, 1.807) is 7.11 Å². The first-order valence-corrected chi connectivity index (χ1v) is 6.43. The summed E-state index contributed by atoms with van der Waals surface area (Å²) in [6, 6.07) is 2.60. The van der Waals surface area contributed by atoms with Gasteiger partial charge >= 0.3 is 0 Å². The fourth-order valence-corrected chi connectivity index (χ4v) is 2.29. The largest absolute Gasteiger partial charge is 0.389 e. The smallest absolute Gasteiger partial charge is 0.0765 e. The third-order valence-corrected chi connectivity index (χ3v) is 3.52. The van der Waals surface area contributed by atoms with Gasteiger partial charge in [-0.3, -0.25) is 0 Å². The number of hydrogen-bond acceptors (Lipinski definition) is 4. The van der Waals surface area contributed by atoms with Gasteiger partial charge in [0.05, 0.1) is 17.6 Å². The van der Waals surface area contributed by atoms with Gasteiger partial charge in [0.15, 0.2) is 0 Å². The lowest BCUT2D eigenvalue weighted by Gasteiger charge is -2.31. The van der Waals surface area contributed by atoms with Crippen LogP contribution in [0.2, 0.25) is 0 Å². The lowest BCUT2D eigenvalue weighted by atomic mass is 9.85. The molecule has 4 heteroatoms. The highest BCUT2D eigenvalue weighted by Crippen LogP contribution is 2.24. The Bertz CT molecular complexity index is 261. The van der Waals surface area contributed by atoms with Gasteiger partial charge in [0.25, 0.3) is 0 Å². The molecule has 2 N–H and O–H groups in total. The second kappa shape index (κ2) is 6.95. The van der Waals surface area contributed by atoms with Crippen LogP contribution in [-0.2, 0) is 4.74 Å². The zero-order valence-electron chi connectivity index (χ0n) is 10.9. The lowest BCUT2D eigenvalue weighted by Crippen LogP contribution is -2.46. The molecule has 0 aromatic heterocycles. The number of rotatable bonds is 6. The molecule has 0 saturated heterocycles. The molecule has 17 heavy (non-hydrogen) atoms. The van der Waals surface area contributed by atoms with Crippen molar-refractivity contribution < 1.29 is 9.84 Å². The Morgan fingerprint density at radius 1 is 1.47 bits per heavy atom. The fourth-order valence-electron chi connectivity index (χ4n) is 2.29. The number of nitriles is 1. The number of nitrogens with one attached hydrogen (secondary N) is 1. The van der Waals surface area contributed by atoms with Gasteiger partial charge < -0.3 is 15.2 Å². The quantitative estimate of drug-likeness (QED) is 0.737. The van der Waals surface area contributed by atoms with Gasteiger partial charge in [-0.2, -0.15) is 5.26 Å². The van der Waals surface area contributed by atoms with Crippen molar-refractivity contribution in [2.45, 2.75) is 50.7 Å². The highest BCUT2D eigenvalue weighted by Gasteiger charge is 2.27. The van der Waals surface area contributed by atoms with Gasteiger partial charge in [-0.1, -0.05) is 12.8 Å². The summed E-state index contributed by atoms with van der Waals surface area (Å²) in [4.78, 5) is 0. The van der Waals surface area contributed by atoms with Crippen molar-refractivity contribution in [2.75, 3.05) is 20.3 Å². The first kappa shape index (κ1) is 14.4. The van der Waals surface area contributed by atoms with E-state index in [1.165, 1.54) is 6.42 Å². The molecule has 1 rings (SSSR count). The zero-order chi connectivity index (χ0) is 12.7. The molecule has 1 aliphatic rings. The average molecular weight is 240 g/mol. The topological polar surface area (TPSA) is 65.3 Å². The normalized spacial score (nSPS) is 28.4. The van der Waals surface area contributed by atoms with Gasteiger partial charge in [0, 0.05) is 32.7 Å². The summed E-state index contributed by atoms with van der Waals surface area (Å²) in [6.45, 7) is 2.89. The van der Waals surface area contributed by atoms with Crippen molar-refractivity contribution in [1.82, 2.24) is 5.32 Å². The van der Waals surface area contributed by atoms with Crippen LogP contribution in [0, 0.1) is 17.2 Å². The second-order valence-corrected chi connectivity index (χ2v) is 5.25. The SMILES string of the molecule is COCCC(C)(O)CNC1CCCCC1C#N. The Hall–Kier alpha value is -0.630. The van der Waals surface area contributed by atoms with E-state index in [-0.39, 0.29) is 12.0 Å². The standard InChI is InChI=1S/C13H24N2O2/c1-13(16,7-8-17-2)10-15-12-6-4-3-5-11(12)9-14/h11-12,15-16H,3-8,10H2,1-2H3. The number of methoxy groups -OCH3 is 1. The Labute approximate surface area is 104 Å². The molecular formula is C13H24N2O2. The van der Waals surface area contributed by atoms with Crippen LogP contribution in [-0.4, -0.2) is 37.0 Å². The maximum absolute atomic E-state index is 10.1. The highest BCUT2D eigenvalue weighted by atomic mass is 16.5. The monoisotopic (exact) mass is 240 g/mol. The van der Waals surface area contributed by atoms with E-state index < -0.39 is 5.60 Å². The molecule has 0 bridgehead atoms. The first-order chi connectivity index (χ1) is 8.09. The van der Waals surface area contributed by atoms with Crippen LogP contribution in [0.3, 0.4) is 0 Å². The second-order valence-electron chi connectivity index (χ2n) is 5.25. The predicted octanol–water partition coefficient (Wildman–Crippen LogP) is 1.45. The number of aliphatic hydroxyl groups is 1. The molecule has 1 saturated carbocycles. The Morgan fingerprint density at radius 3 is 2.82 bits per heavy atom. The van der Waals surface area contributed by atoms with Crippen molar-refractivity contribution in [3.05, 3.63) is 0 Å². The molecule has 1 fully saturated rings. The van der Waals surface area contributed by atoms with Crippen LogP contribution in [0.4, 0.5) is 0 Å². The van der Waals surface area contributed by atoms with Gasteiger partial charge in [0.2, 0.25) is 0 Å².